The first kappa shape index (κ1) is 13.4. The first-order chi connectivity index (χ1) is 9.83. The maximum absolute atomic E-state index is 11.9. The molecule has 1 saturated carbocycles. The second-order valence-electron chi connectivity index (χ2n) is 5.74. The molecule has 1 unspecified atom stereocenters. The van der Waals surface area contributed by atoms with Crippen LogP contribution >= 0.6 is 0 Å². The van der Waals surface area contributed by atoms with Gasteiger partial charge in [-0.2, -0.15) is 0 Å². The number of hydrogen-bond donors (Lipinski definition) is 2. The van der Waals surface area contributed by atoms with Crippen LogP contribution in [0.4, 0.5) is 5.69 Å². The van der Waals surface area contributed by atoms with Crippen LogP contribution in [0.2, 0.25) is 0 Å². The molecule has 1 heterocycles. The van der Waals surface area contributed by atoms with E-state index in [1.54, 1.807) is 0 Å². The van der Waals surface area contributed by atoms with Crippen LogP contribution in [0.25, 0.3) is 0 Å². The van der Waals surface area contributed by atoms with Gasteiger partial charge < -0.3 is 15.4 Å². The summed E-state index contributed by atoms with van der Waals surface area (Å²) in [6.07, 6.45) is 3.16. The lowest BCUT2D eigenvalue weighted by atomic mass is 9.98. The summed E-state index contributed by atoms with van der Waals surface area (Å²) in [5.41, 5.74) is 2.42. The summed E-state index contributed by atoms with van der Waals surface area (Å²) >= 11 is 0. The Bertz CT molecular complexity index is 471. The topological polar surface area (TPSA) is 50.4 Å². The summed E-state index contributed by atoms with van der Waals surface area (Å²) < 4.78 is 5.51. The molecule has 1 fully saturated rings. The average Bonchev–Trinajstić information content (AvgIpc) is 3.20. The standard InChI is InChI=1S/C16H22N2O2/c19-16(17-7-8-20-11-12-5-6-12)9-13-10-18-15-4-2-1-3-14(13)15/h1-4,12-13,18H,5-11H2,(H,17,19). The lowest BCUT2D eigenvalue weighted by Gasteiger charge is -2.10. The Kier molecular flexibility index (Phi) is 4.21. The fraction of sp³-hybridized carbons (Fsp3) is 0.562. The molecule has 1 atom stereocenters. The Morgan fingerprint density at radius 3 is 3.05 bits per heavy atom. The second-order valence-corrected chi connectivity index (χ2v) is 5.74. The number of nitrogens with one attached hydrogen (secondary N) is 2. The Morgan fingerprint density at radius 1 is 1.35 bits per heavy atom. The summed E-state index contributed by atoms with van der Waals surface area (Å²) in [6.45, 7) is 2.95. The molecule has 4 nitrogen and oxygen atoms in total. The molecule has 1 aromatic carbocycles. The Hall–Kier alpha value is -1.55. The molecule has 1 aliphatic carbocycles. The zero-order chi connectivity index (χ0) is 13.8. The first-order valence-electron chi connectivity index (χ1n) is 7.50. The van der Waals surface area contributed by atoms with E-state index in [-0.39, 0.29) is 5.91 Å². The predicted octanol–water partition coefficient (Wildman–Crippen LogP) is 2.13. The van der Waals surface area contributed by atoms with Gasteiger partial charge in [0, 0.05) is 37.7 Å². The van der Waals surface area contributed by atoms with Crippen LogP contribution < -0.4 is 10.6 Å². The number of para-hydroxylation sites is 1. The lowest BCUT2D eigenvalue weighted by Crippen LogP contribution is -2.29. The number of carbonyl (C=O) groups excluding carboxylic acids is 1. The van der Waals surface area contributed by atoms with Crippen molar-refractivity contribution in [1.82, 2.24) is 5.32 Å². The van der Waals surface area contributed by atoms with Crippen LogP contribution in [-0.2, 0) is 9.53 Å². The molecule has 2 N–H and O–H groups in total. The van der Waals surface area contributed by atoms with Crippen molar-refractivity contribution in [3.8, 4) is 0 Å². The largest absolute Gasteiger partial charge is 0.384 e. The molecule has 0 radical (unpaired) electrons. The molecule has 1 amide bonds. The monoisotopic (exact) mass is 274 g/mol. The van der Waals surface area contributed by atoms with Gasteiger partial charge in [-0.15, -0.1) is 0 Å². The minimum Gasteiger partial charge on any atom is -0.384 e. The zero-order valence-corrected chi connectivity index (χ0v) is 11.7. The number of amides is 1. The van der Waals surface area contributed by atoms with Gasteiger partial charge in [0.2, 0.25) is 5.91 Å². The molecule has 0 bridgehead atoms. The van der Waals surface area contributed by atoms with Crippen molar-refractivity contribution in [2.75, 3.05) is 31.6 Å². The van der Waals surface area contributed by atoms with Gasteiger partial charge in [0.1, 0.15) is 0 Å². The third kappa shape index (κ3) is 3.51. The van der Waals surface area contributed by atoms with Crippen LogP contribution in [-0.4, -0.2) is 32.2 Å². The van der Waals surface area contributed by atoms with Gasteiger partial charge in [-0.05, 0) is 30.4 Å². The third-order valence-corrected chi connectivity index (χ3v) is 3.99. The summed E-state index contributed by atoms with van der Waals surface area (Å²) in [5, 5.41) is 6.29. The van der Waals surface area contributed by atoms with Crippen molar-refractivity contribution in [3.63, 3.8) is 0 Å². The molecule has 1 aliphatic heterocycles. The van der Waals surface area contributed by atoms with Crippen molar-refractivity contribution in [3.05, 3.63) is 29.8 Å². The highest BCUT2D eigenvalue weighted by atomic mass is 16.5. The number of ether oxygens (including phenoxy) is 1. The van der Waals surface area contributed by atoms with Crippen LogP contribution in [0.5, 0.6) is 0 Å². The fourth-order valence-corrected chi connectivity index (χ4v) is 2.63. The van der Waals surface area contributed by atoms with E-state index in [2.05, 4.69) is 22.8 Å². The summed E-state index contributed by atoms with van der Waals surface area (Å²) in [7, 11) is 0. The highest BCUT2D eigenvalue weighted by Crippen LogP contribution is 2.33. The van der Waals surface area contributed by atoms with E-state index in [0.717, 1.165) is 24.8 Å². The third-order valence-electron chi connectivity index (χ3n) is 3.99. The molecule has 0 aromatic heterocycles. The zero-order valence-electron chi connectivity index (χ0n) is 11.7. The van der Waals surface area contributed by atoms with E-state index < -0.39 is 0 Å². The Morgan fingerprint density at radius 2 is 2.20 bits per heavy atom. The van der Waals surface area contributed by atoms with Gasteiger partial charge in [0.25, 0.3) is 0 Å². The number of anilines is 1. The highest BCUT2D eigenvalue weighted by Gasteiger charge is 2.24. The SMILES string of the molecule is O=C(CC1CNc2ccccc21)NCCOCC1CC1. The van der Waals surface area contributed by atoms with Gasteiger partial charge in [0.15, 0.2) is 0 Å². The van der Waals surface area contributed by atoms with E-state index in [9.17, 15) is 4.79 Å². The number of carbonyl (C=O) groups is 1. The Labute approximate surface area is 119 Å². The van der Waals surface area contributed by atoms with Crippen molar-refractivity contribution < 1.29 is 9.53 Å². The first-order valence-corrected chi connectivity index (χ1v) is 7.50. The van der Waals surface area contributed by atoms with Crippen molar-refractivity contribution in [2.24, 2.45) is 5.92 Å². The molecular weight excluding hydrogens is 252 g/mol. The van der Waals surface area contributed by atoms with Crippen LogP contribution in [0.3, 0.4) is 0 Å². The predicted molar refractivity (Wildman–Crippen MR) is 78.8 cm³/mol. The van der Waals surface area contributed by atoms with Gasteiger partial charge in [-0.3, -0.25) is 4.79 Å². The van der Waals surface area contributed by atoms with E-state index in [1.807, 2.05) is 12.1 Å². The number of rotatable bonds is 7. The quantitative estimate of drug-likeness (QED) is 0.749. The summed E-state index contributed by atoms with van der Waals surface area (Å²) in [6, 6.07) is 8.22. The van der Waals surface area contributed by atoms with Crippen LogP contribution in [0, 0.1) is 5.92 Å². The van der Waals surface area contributed by atoms with Crippen molar-refractivity contribution in [1.29, 1.82) is 0 Å². The van der Waals surface area contributed by atoms with Crippen LogP contribution in [0.1, 0.15) is 30.7 Å². The normalized spacial score (nSPS) is 20.3. The van der Waals surface area contributed by atoms with Crippen molar-refractivity contribution >= 4 is 11.6 Å². The van der Waals surface area contributed by atoms with Crippen LogP contribution in [0.15, 0.2) is 24.3 Å². The minimum absolute atomic E-state index is 0.114. The molecule has 0 spiro atoms. The highest BCUT2D eigenvalue weighted by molar-refractivity contribution is 5.78. The maximum atomic E-state index is 11.9. The Balaban J connectivity index is 1.36. The molecule has 1 aromatic rings. The number of fused-ring (bicyclic) bond motifs is 1. The van der Waals surface area contributed by atoms with Gasteiger partial charge in [-0.1, -0.05) is 18.2 Å². The minimum atomic E-state index is 0.114. The van der Waals surface area contributed by atoms with Gasteiger partial charge in [-0.25, -0.2) is 0 Å². The van der Waals surface area contributed by atoms with E-state index in [0.29, 0.717) is 25.5 Å². The van der Waals surface area contributed by atoms with E-state index in [1.165, 1.54) is 18.4 Å². The maximum Gasteiger partial charge on any atom is 0.220 e. The number of hydrogen-bond acceptors (Lipinski definition) is 3. The molecule has 2 aliphatic rings. The molecular formula is C16H22N2O2. The molecule has 108 valence electrons. The van der Waals surface area contributed by atoms with Crippen molar-refractivity contribution in [2.45, 2.75) is 25.2 Å². The van der Waals surface area contributed by atoms with Gasteiger partial charge >= 0.3 is 0 Å². The van der Waals surface area contributed by atoms with E-state index in [4.69, 9.17) is 4.74 Å². The lowest BCUT2D eigenvalue weighted by molar-refractivity contribution is -0.121. The second kappa shape index (κ2) is 6.27. The molecule has 3 rings (SSSR count). The van der Waals surface area contributed by atoms with E-state index >= 15 is 0 Å². The summed E-state index contributed by atoms with van der Waals surface area (Å²) in [4.78, 5) is 11.9. The number of benzene rings is 1. The molecule has 4 heteroatoms. The molecule has 20 heavy (non-hydrogen) atoms. The smallest absolute Gasteiger partial charge is 0.220 e. The average molecular weight is 274 g/mol. The fourth-order valence-electron chi connectivity index (χ4n) is 2.63. The molecule has 0 saturated heterocycles. The van der Waals surface area contributed by atoms with Gasteiger partial charge in [0.05, 0.1) is 6.61 Å². The summed E-state index contributed by atoms with van der Waals surface area (Å²) in [5.74, 6) is 1.19.